The number of hydrogen-bond donors (Lipinski definition) is 0. The minimum absolute atomic E-state index is 0.160. The second-order valence-corrected chi connectivity index (χ2v) is 6.36. The third kappa shape index (κ3) is 5.62. The SMILES string of the molecule is CCOC(=O)/C(=N/OS(=O)(=O)CC)Sc1ccccc1. The number of ether oxygens (including phenoxy) is 1. The number of carbonyl (C=O) groups is 1. The van der Waals surface area contributed by atoms with Gasteiger partial charge in [-0.25, -0.2) is 4.79 Å². The molecule has 0 amide bonds. The first kappa shape index (κ1) is 16.5. The number of benzene rings is 1. The van der Waals surface area contributed by atoms with Gasteiger partial charge in [0.05, 0.1) is 12.4 Å². The van der Waals surface area contributed by atoms with Gasteiger partial charge in [-0.15, -0.1) is 0 Å². The van der Waals surface area contributed by atoms with Gasteiger partial charge in [0.2, 0.25) is 5.04 Å². The Morgan fingerprint density at radius 2 is 1.90 bits per heavy atom. The molecule has 0 unspecified atom stereocenters. The molecule has 0 aliphatic rings. The van der Waals surface area contributed by atoms with Crippen LogP contribution >= 0.6 is 11.8 Å². The van der Waals surface area contributed by atoms with Crippen molar-refractivity contribution < 1.29 is 22.2 Å². The van der Waals surface area contributed by atoms with Gasteiger partial charge in [0.25, 0.3) is 0 Å². The third-order valence-electron chi connectivity index (χ3n) is 2.00. The minimum Gasteiger partial charge on any atom is -0.461 e. The maximum Gasteiger partial charge on any atom is 0.367 e. The molecular weight excluding hydrogens is 302 g/mol. The van der Waals surface area contributed by atoms with Gasteiger partial charge in [-0.05, 0) is 26.0 Å². The second-order valence-electron chi connectivity index (χ2n) is 3.45. The Morgan fingerprint density at radius 3 is 2.45 bits per heavy atom. The lowest BCUT2D eigenvalue weighted by atomic mass is 10.4. The van der Waals surface area contributed by atoms with Gasteiger partial charge in [0, 0.05) is 4.90 Å². The van der Waals surface area contributed by atoms with Crippen molar-refractivity contribution in [3.05, 3.63) is 30.3 Å². The Balaban J connectivity index is 2.91. The Kier molecular flexibility index (Phi) is 6.53. The molecule has 1 aromatic carbocycles. The van der Waals surface area contributed by atoms with E-state index in [1.807, 2.05) is 6.07 Å². The molecule has 1 rings (SSSR count). The smallest absolute Gasteiger partial charge is 0.367 e. The van der Waals surface area contributed by atoms with E-state index in [1.165, 1.54) is 6.92 Å². The predicted octanol–water partition coefficient (Wildman–Crippen LogP) is 2.02. The van der Waals surface area contributed by atoms with Crippen LogP contribution in [0.1, 0.15) is 13.8 Å². The van der Waals surface area contributed by atoms with E-state index in [2.05, 4.69) is 9.44 Å². The molecule has 0 N–H and O–H groups in total. The van der Waals surface area contributed by atoms with Crippen molar-refractivity contribution in [3.63, 3.8) is 0 Å². The zero-order chi connectivity index (χ0) is 15.0. The molecule has 0 aliphatic carbocycles. The van der Waals surface area contributed by atoms with Crippen LogP contribution < -0.4 is 0 Å². The van der Waals surface area contributed by atoms with Gasteiger partial charge in [0.1, 0.15) is 0 Å². The lowest BCUT2D eigenvalue weighted by Gasteiger charge is -2.05. The van der Waals surface area contributed by atoms with Crippen LogP contribution in [0.25, 0.3) is 0 Å². The molecule has 0 spiro atoms. The summed E-state index contributed by atoms with van der Waals surface area (Å²) in [5.74, 6) is -0.963. The van der Waals surface area contributed by atoms with Gasteiger partial charge >= 0.3 is 16.1 Å². The monoisotopic (exact) mass is 317 g/mol. The van der Waals surface area contributed by atoms with Gasteiger partial charge < -0.3 is 4.74 Å². The van der Waals surface area contributed by atoms with Crippen molar-refractivity contribution in [2.24, 2.45) is 5.16 Å². The maximum absolute atomic E-state index is 11.7. The summed E-state index contributed by atoms with van der Waals surface area (Å²) in [6, 6.07) is 8.91. The highest BCUT2D eigenvalue weighted by molar-refractivity contribution is 8.15. The fraction of sp³-hybridized carbons (Fsp3) is 0.333. The highest BCUT2D eigenvalue weighted by atomic mass is 32.2. The number of thioether (sulfide) groups is 1. The molecular formula is C12H15NO5S2. The summed E-state index contributed by atoms with van der Waals surface area (Å²) < 4.78 is 31.7. The maximum atomic E-state index is 11.7. The summed E-state index contributed by atoms with van der Waals surface area (Å²) in [4.78, 5) is 12.4. The fourth-order valence-corrected chi connectivity index (χ4v) is 2.11. The number of carbonyl (C=O) groups excluding carboxylic acids is 1. The van der Waals surface area contributed by atoms with E-state index in [9.17, 15) is 13.2 Å². The van der Waals surface area contributed by atoms with Crippen LogP contribution in [0.2, 0.25) is 0 Å². The van der Waals surface area contributed by atoms with Crippen molar-refractivity contribution in [2.45, 2.75) is 18.7 Å². The highest BCUT2D eigenvalue weighted by Crippen LogP contribution is 2.20. The largest absolute Gasteiger partial charge is 0.461 e. The molecule has 0 fully saturated rings. The number of esters is 1. The fourth-order valence-electron chi connectivity index (χ4n) is 1.03. The van der Waals surface area contributed by atoms with Crippen LogP contribution in [0.4, 0.5) is 0 Å². The minimum atomic E-state index is -3.76. The molecule has 20 heavy (non-hydrogen) atoms. The zero-order valence-electron chi connectivity index (χ0n) is 11.1. The van der Waals surface area contributed by atoms with Crippen molar-refractivity contribution in [2.75, 3.05) is 12.4 Å². The van der Waals surface area contributed by atoms with Gasteiger partial charge in [-0.3, -0.25) is 4.28 Å². The molecule has 0 aromatic heterocycles. The van der Waals surface area contributed by atoms with Crippen LogP contribution in [0, 0.1) is 0 Å². The molecule has 110 valence electrons. The van der Waals surface area contributed by atoms with Crippen LogP contribution in [0.15, 0.2) is 40.4 Å². The van der Waals surface area contributed by atoms with Gasteiger partial charge in [-0.1, -0.05) is 35.1 Å². The molecule has 8 heteroatoms. The van der Waals surface area contributed by atoms with E-state index in [0.717, 1.165) is 16.7 Å². The Labute approximate surface area is 122 Å². The predicted molar refractivity (Wildman–Crippen MR) is 76.9 cm³/mol. The zero-order valence-corrected chi connectivity index (χ0v) is 12.7. The molecule has 0 aliphatic heterocycles. The standard InChI is InChI=1S/C12H15NO5S2/c1-3-17-12(14)11(13-18-20(15,16)4-2)19-10-8-6-5-7-9-10/h5-9H,3-4H2,1-2H3/b13-11-. The van der Waals surface area contributed by atoms with Crippen molar-refractivity contribution >= 4 is 32.9 Å². The Hall–Kier alpha value is -1.54. The first-order chi connectivity index (χ1) is 9.48. The first-order valence-corrected chi connectivity index (χ1v) is 8.27. The summed E-state index contributed by atoms with van der Waals surface area (Å²) in [6.07, 6.45) is 0. The van der Waals surface area contributed by atoms with Gasteiger partial charge in [0.15, 0.2) is 0 Å². The highest BCUT2D eigenvalue weighted by Gasteiger charge is 2.18. The molecule has 0 saturated heterocycles. The van der Waals surface area contributed by atoms with E-state index in [1.54, 1.807) is 31.2 Å². The first-order valence-electron chi connectivity index (χ1n) is 5.87. The summed E-state index contributed by atoms with van der Waals surface area (Å²) >= 11 is 0.974. The van der Waals surface area contributed by atoms with E-state index in [0.29, 0.717) is 0 Å². The van der Waals surface area contributed by atoms with Crippen molar-refractivity contribution in [1.29, 1.82) is 0 Å². The van der Waals surface area contributed by atoms with Crippen LogP contribution in [-0.2, 0) is 23.9 Å². The summed E-state index contributed by atoms with van der Waals surface area (Å²) in [5.41, 5.74) is 0. The van der Waals surface area contributed by atoms with E-state index in [4.69, 9.17) is 4.74 Å². The lowest BCUT2D eigenvalue weighted by molar-refractivity contribution is -0.134. The summed E-state index contributed by atoms with van der Waals surface area (Å²) in [7, 11) is -3.76. The van der Waals surface area contributed by atoms with Crippen LogP contribution in [0.5, 0.6) is 0 Å². The van der Waals surface area contributed by atoms with Crippen molar-refractivity contribution in [1.82, 2.24) is 0 Å². The molecule has 1 aromatic rings. The molecule has 0 radical (unpaired) electrons. The average Bonchev–Trinajstić information content (AvgIpc) is 2.44. The quantitative estimate of drug-likeness (QED) is 0.272. The summed E-state index contributed by atoms with van der Waals surface area (Å²) in [6.45, 7) is 3.22. The molecule has 6 nitrogen and oxygen atoms in total. The van der Waals surface area contributed by atoms with Gasteiger partial charge in [-0.2, -0.15) is 8.42 Å². The van der Waals surface area contributed by atoms with E-state index < -0.39 is 16.1 Å². The Bertz CT molecular complexity index is 569. The van der Waals surface area contributed by atoms with E-state index in [-0.39, 0.29) is 17.4 Å². The third-order valence-corrected chi connectivity index (χ3v) is 3.95. The van der Waals surface area contributed by atoms with Crippen LogP contribution in [0.3, 0.4) is 0 Å². The number of nitrogens with zero attached hydrogens (tertiary/aromatic N) is 1. The van der Waals surface area contributed by atoms with E-state index >= 15 is 0 Å². The van der Waals surface area contributed by atoms with Crippen molar-refractivity contribution in [3.8, 4) is 0 Å². The average molecular weight is 317 g/mol. The number of oxime groups is 1. The topological polar surface area (TPSA) is 82.0 Å². The second kappa shape index (κ2) is 7.91. The summed E-state index contributed by atoms with van der Waals surface area (Å²) in [5, 5.41) is 3.23. The normalized spacial score (nSPS) is 12.0. The molecule has 0 bridgehead atoms. The lowest BCUT2D eigenvalue weighted by Crippen LogP contribution is -2.16. The van der Waals surface area contributed by atoms with Crippen LogP contribution in [-0.4, -0.2) is 31.8 Å². The number of hydrogen-bond acceptors (Lipinski definition) is 7. The molecule has 0 heterocycles. The Morgan fingerprint density at radius 1 is 1.25 bits per heavy atom. The number of rotatable bonds is 5. The molecule has 0 saturated carbocycles. The molecule has 0 atom stereocenters.